The molecule has 0 aromatic rings. The molecular weight excluding hydrogens is 170 g/mol. The van der Waals surface area contributed by atoms with Crippen molar-refractivity contribution in [1.82, 2.24) is 4.90 Å². The molecule has 0 rings (SSSR count). The summed E-state index contributed by atoms with van der Waals surface area (Å²) in [5.74, 6) is 0. The maximum absolute atomic E-state index is 8.48. The van der Waals surface area contributed by atoms with Gasteiger partial charge in [0, 0.05) is 19.6 Å². The van der Waals surface area contributed by atoms with Gasteiger partial charge < -0.3 is 15.3 Å². The minimum absolute atomic E-state index is 0.0694. The topological polar surface area (TPSA) is 63.9 Å². The molecule has 0 aromatic carbocycles. The van der Waals surface area contributed by atoms with E-state index in [2.05, 4.69) is 6.58 Å². The van der Waals surface area contributed by atoms with E-state index in [-0.39, 0.29) is 19.8 Å². The van der Waals surface area contributed by atoms with Gasteiger partial charge in [-0.25, -0.2) is 0 Å². The van der Waals surface area contributed by atoms with E-state index in [0.717, 1.165) is 0 Å². The van der Waals surface area contributed by atoms with Crippen molar-refractivity contribution in [2.24, 2.45) is 0 Å². The molecule has 4 nitrogen and oxygen atoms in total. The highest BCUT2D eigenvalue weighted by Crippen LogP contribution is 1.84. The summed E-state index contributed by atoms with van der Waals surface area (Å²) in [6.07, 6.45) is 1.75. The third-order valence-electron chi connectivity index (χ3n) is 1.25. The summed E-state index contributed by atoms with van der Waals surface area (Å²) in [6, 6.07) is 0. The van der Waals surface area contributed by atoms with Crippen LogP contribution in [-0.2, 0) is 0 Å². The van der Waals surface area contributed by atoms with Crippen LogP contribution < -0.4 is 0 Å². The van der Waals surface area contributed by atoms with E-state index in [4.69, 9.17) is 15.3 Å². The fraction of sp³-hybridized carbons (Fsp3) is 0.778. The van der Waals surface area contributed by atoms with Crippen LogP contribution in [0.5, 0.6) is 0 Å². The highest BCUT2D eigenvalue weighted by molar-refractivity contribution is 4.54. The van der Waals surface area contributed by atoms with Gasteiger partial charge in [-0.15, -0.1) is 6.58 Å². The van der Waals surface area contributed by atoms with E-state index >= 15 is 0 Å². The summed E-state index contributed by atoms with van der Waals surface area (Å²) in [5.41, 5.74) is 0. The van der Waals surface area contributed by atoms with Gasteiger partial charge >= 0.3 is 0 Å². The molecule has 0 heterocycles. The van der Waals surface area contributed by atoms with Crippen LogP contribution in [0.25, 0.3) is 0 Å². The van der Waals surface area contributed by atoms with Crippen molar-refractivity contribution in [1.29, 1.82) is 0 Å². The average molecular weight is 191 g/mol. The van der Waals surface area contributed by atoms with Gasteiger partial charge in [0.2, 0.25) is 0 Å². The van der Waals surface area contributed by atoms with Crippen LogP contribution in [-0.4, -0.2) is 59.7 Å². The number of hydrogen-bond acceptors (Lipinski definition) is 4. The molecular formula is C9H21NO3. The van der Waals surface area contributed by atoms with E-state index in [1.807, 2.05) is 6.92 Å². The highest BCUT2D eigenvalue weighted by Gasteiger charge is 2.00. The number of aliphatic hydroxyl groups excluding tert-OH is 3. The zero-order valence-corrected chi connectivity index (χ0v) is 8.32. The Balaban J connectivity index is 0. The molecule has 0 atom stereocenters. The second-order valence-corrected chi connectivity index (χ2v) is 2.42. The lowest BCUT2D eigenvalue weighted by atomic mass is 10.4. The van der Waals surface area contributed by atoms with Crippen LogP contribution in [0.1, 0.15) is 6.92 Å². The van der Waals surface area contributed by atoms with Crippen LogP contribution in [0.3, 0.4) is 0 Å². The second-order valence-electron chi connectivity index (χ2n) is 2.42. The maximum atomic E-state index is 8.48. The van der Waals surface area contributed by atoms with Gasteiger partial charge in [-0.1, -0.05) is 6.08 Å². The lowest BCUT2D eigenvalue weighted by Gasteiger charge is -2.17. The predicted octanol–water partition coefficient (Wildman–Crippen LogP) is -0.542. The predicted molar refractivity (Wildman–Crippen MR) is 53.6 cm³/mol. The van der Waals surface area contributed by atoms with Crippen molar-refractivity contribution in [2.75, 3.05) is 39.5 Å². The monoisotopic (exact) mass is 191 g/mol. The van der Waals surface area contributed by atoms with Crippen LogP contribution in [0.15, 0.2) is 12.7 Å². The van der Waals surface area contributed by atoms with Crippen LogP contribution in [0.4, 0.5) is 0 Å². The normalized spacial score (nSPS) is 9.31. The zero-order valence-electron chi connectivity index (χ0n) is 8.32. The number of nitrogens with zero attached hydrogens (tertiary/aromatic N) is 1. The van der Waals surface area contributed by atoms with Crippen molar-refractivity contribution in [3.8, 4) is 0 Å². The van der Waals surface area contributed by atoms with Gasteiger partial charge in [0.1, 0.15) is 0 Å². The third-order valence-corrected chi connectivity index (χ3v) is 1.25. The molecule has 0 aliphatic carbocycles. The number of allylic oxidation sites excluding steroid dienone is 1. The first-order valence-corrected chi connectivity index (χ1v) is 4.38. The van der Waals surface area contributed by atoms with Crippen LogP contribution in [0, 0.1) is 0 Å². The fourth-order valence-corrected chi connectivity index (χ4v) is 0.760. The molecule has 0 aromatic heterocycles. The summed E-state index contributed by atoms with van der Waals surface area (Å²) >= 11 is 0. The van der Waals surface area contributed by atoms with Gasteiger partial charge in [0.05, 0.1) is 19.8 Å². The molecule has 0 radical (unpaired) electrons. The number of hydrogen-bond donors (Lipinski definition) is 3. The van der Waals surface area contributed by atoms with E-state index < -0.39 is 0 Å². The minimum atomic E-state index is 0.0694. The lowest BCUT2D eigenvalue weighted by Crippen LogP contribution is -2.32. The van der Waals surface area contributed by atoms with Crippen molar-refractivity contribution in [3.63, 3.8) is 0 Å². The molecule has 0 unspecified atom stereocenters. The number of rotatable bonds is 6. The largest absolute Gasteiger partial charge is 0.395 e. The van der Waals surface area contributed by atoms with E-state index in [9.17, 15) is 0 Å². The Morgan fingerprint density at radius 1 is 1.00 bits per heavy atom. The fourth-order valence-electron chi connectivity index (χ4n) is 0.760. The van der Waals surface area contributed by atoms with E-state index in [0.29, 0.717) is 19.6 Å². The molecule has 0 saturated carbocycles. The van der Waals surface area contributed by atoms with Gasteiger partial charge in [-0.05, 0) is 6.92 Å². The van der Waals surface area contributed by atoms with Crippen LogP contribution in [0.2, 0.25) is 0 Å². The molecule has 3 N–H and O–H groups in total. The Morgan fingerprint density at radius 2 is 1.23 bits per heavy atom. The van der Waals surface area contributed by atoms with Gasteiger partial charge in [0.25, 0.3) is 0 Å². The first kappa shape index (κ1) is 15.1. The Bertz CT molecular complexity index is 84.6. The molecule has 4 heteroatoms. The Hall–Kier alpha value is -0.420. The summed E-state index contributed by atoms with van der Waals surface area (Å²) in [5, 5.41) is 25.5. The summed E-state index contributed by atoms with van der Waals surface area (Å²) in [7, 11) is 0. The van der Waals surface area contributed by atoms with Crippen LogP contribution >= 0.6 is 0 Å². The molecule has 0 bridgehead atoms. The van der Waals surface area contributed by atoms with E-state index in [1.54, 1.807) is 11.0 Å². The average Bonchev–Trinajstić information content (AvgIpc) is 2.07. The zero-order chi connectivity index (χ0) is 10.5. The standard InChI is InChI=1S/C6H15NO3.C3H6/c8-4-1-7(2-5-9)3-6-10;1-3-2/h8-10H,1-6H2;3H,1H2,2H3. The van der Waals surface area contributed by atoms with Crippen molar-refractivity contribution in [3.05, 3.63) is 12.7 Å². The van der Waals surface area contributed by atoms with Gasteiger partial charge in [-0.3, -0.25) is 4.90 Å². The SMILES string of the molecule is C=CC.OCCN(CCO)CCO. The molecule has 0 aliphatic rings. The molecule has 13 heavy (non-hydrogen) atoms. The summed E-state index contributed by atoms with van der Waals surface area (Å²) in [4.78, 5) is 1.79. The lowest BCUT2D eigenvalue weighted by molar-refractivity contribution is 0.136. The first-order valence-electron chi connectivity index (χ1n) is 4.38. The smallest absolute Gasteiger partial charge is 0.0558 e. The van der Waals surface area contributed by atoms with Gasteiger partial charge in [0.15, 0.2) is 0 Å². The molecule has 0 fully saturated rings. The Morgan fingerprint density at radius 3 is 1.38 bits per heavy atom. The van der Waals surface area contributed by atoms with E-state index in [1.165, 1.54) is 0 Å². The number of aliphatic hydroxyl groups is 3. The summed E-state index contributed by atoms with van der Waals surface area (Å²) < 4.78 is 0. The molecule has 0 amide bonds. The minimum Gasteiger partial charge on any atom is -0.395 e. The maximum Gasteiger partial charge on any atom is 0.0558 e. The Kier molecular flexibility index (Phi) is 16.4. The molecule has 0 saturated heterocycles. The molecule has 0 spiro atoms. The van der Waals surface area contributed by atoms with Crippen molar-refractivity contribution >= 4 is 0 Å². The first-order chi connectivity index (χ1) is 6.26. The molecule has 0 aliphatic heterocycles. The van der Waals surface area contributed by atoms with Crippen molar-refractivity contribution in [2.45, 2.75) is 6.92 Å². The Labute approximate surface area is 80.1 Å². The quantitative estimate of drug-likeness (QED) is 0.493. The van der Waals surface area contributed by atoms with Gasteiger partial charge in [-0.2, -0.15) is 0 Å². The molecule has 80 valence electrons. The second kappa shape index (κ2) is 14.1. The van der Waals surface area contributed by atoms with Crippen molar-refractivity contribution < 1.29 is 15.3 Å². The summed E-state index contributed by atoms with van der Waals surface area (Å²) in [6.45, 7) is 7.00. The highest BCUT2D eigenvalue weighted by atomic mass is 16.3. The third kappa shape index (κ3) is 14.4.